The van der Waals surface area contributed by atoms with Crippen LogP contribution in [0.1, 0.15) is 29.0 Å². The number of pyridine rings is 1. The molecule has 1 saturated heterocycles. The second kappa shape index (κ2) is 6.43. The lowest BCUT2D eigenvalue weighted by Crippen LogP contribution is -2.48. The Kier molecular flexibility index (Phi) is 4.49. The Balaban J connectivity index is 1.99. The van der Waals surface area contributed by atoms with E-state index in [0.29, 0.717) is 37.4 Å². The maximum Gasteiger partial charge on any atom is 0.406 e. The zero-order valence-corrected chi connectivity index (χ0v) is 13.2. The molecule has 24 heavy (non-hydrogen) atoms. The van der Waals surface area contributed by atoms with Gasteiger partial charge in [-0.05, 0) is 31.9 Å². The van der Waals surface area contributed by atoms with Crippen LogP contribution < -0.4 is 0 Å². The highest BCUT2D eigenvalue weighted by molar-refractivity contribution is 5.95. The summed E-state index contributed by atoms with van der Waals surface area (Å²) < 4.78 is 45.8. The first-order valence-electron chi connectivity index (χ1n) is 7.76. The van der Waals surface area contributed by atoms with Crippen LogP contribution in [0.15, 0.2) is 24.4 Å². The summed E-state index contributed by atoms with van der Waals surface area (Å²) in [7, 11) is 0. The molecule has 1 amide bonds. The summed E-state index contributed by atoms with van der Waals surface area (Å²) in [6, 6.07) is 4.71. The number of imidazole rings is 1. The minimum absolute atomic E-state index is 0.182. The largest absolute Gasteiger partial charge is 0.406 e. The molecule has 1 fully saturated rings. The third-order valence-corrected chi connectivity index (χ3v) is 4.15. The summed E-state index contributed by atoms with van der Waals surface area (Å²) in [6.45, 7) is 1.09. The topological polar surface area (TPSA) is 46.8 Å². The lowest BCUT2D eigenvalue weighted by Gasteiger charge is -2.34. The Morgan fingerprint density at radius 1 is 1.38 bits per heavy atom. The van der Waals surface area contributed by atoms with Crippen LogP contribution in [0.3, 0.4) is 0 Å². The van der Waals surface area contributed by atoms with Crippen LogP contribution in [0.25, 0.3) is 5.65 Å². The summed E-state index contributed by atoms with van der Waals surface area (Å²) in [5.74, 6) is -0.643. The molecule has 0 aromatic carbocycles. The molecule has 0 N–H and O–H groups in total. The minimum Gasteiger partial charge on any atom is -0.381 e. The average molecular weight is 341 g/mol. The van der Waals surface area contributed by atoms with Crippen LogP contribution in [0, 0.1) is 6.92 Å². The van der Waals surface area contributed by atoms with E-state index in [2.05, 4.69) is 4.98 Å². The van der Waals surface area contributed by atoms with Crippen LogP contribution in [-0.2, 0) is 4.74 Å². The molecule has 1 aliphatic heterocycles. The van der Waals surface area contributed by atoms with E-state index in [4.69, 9.17) is 4.74 Å². The summed E-state index contributed by atoms with van der Waals surface area (Å²) in [5.41, 5.74) is 1.14. The smallest absolute Gasteiger partial charge is 0.381 e. The third kappa shape index (κ3) is 3.38. The van der Waals surface area contributed by atoms with Crippen molar-refractivity contribution in [1.82, 2.24) is 14.3 Å². The number of hydrogen-bond acceptors (Lipinski definition) is 3. The number of aryl methyl sites for hydroxylation is 1. The molecule has 0 bridgehead atoms. The zero-order chi connectivity index (χ0) is 17.3. The number of carbonyl (C=O) groups is 1. The number of amides is 1. The normalized spacial score (nSPS) is 16.5. The number of ether oxygens (including phenoxy) is 1. The van der Waals surface area contributed by atoms with E-state index in [9.17, 15) is 18.0 Å². The molecule has 3 rings (SSSR count). The summed E-state index contributed by atoms with van der Waals surface area (Å²) in [4.78, 5) is 18.1. The molecule has 130 valence electrons. The number of fused-ring (bicyclic) bond motifs is 1. The molecule has 8 heteroatoms. The lowest BCUT2D eigenvalue weighted by atomic mass is 10.1. The van der Waals surface area contributed by atoms with E-state index < -0.39 is 24.7 Å². The van der Waals surface area contributed by atoms with E-state index in [1.165, 1.54) is 0 Å². The van der Waals surface area contributed by atoms with Gasteiger partial charge in [0.15, 0.2) is 0 Å². The van der Waals surface area contributed by atoms with Gasteiger partial charge < -0.3 is 9.64 Å². The molecule has 0 unspecified atom stereocenters. The molecule has 0 radical (unpaired) electrons. The van der Waals surface area contributed by atoms with Crippen LogP contribution in [0.4, 0.5) is 13.2 Å². The van der Waals surface area contributed by atoms with Gasteiger partial charge in [0.25, 0.3) is 5.91 Å². The Hall–Kier alpha value is -2.09. The molecule has 0 atom stereocenters. The van der Waals surface area contributed by atoms with Crippen molar-refractivity contribution in [1.29, 1.82) is 0 Å². The van der Waals surface area contributed by atoms with E-state index >= 15 is 0 Å². The lowest BCUT2D eigenvalue weighted by molar-refractivity contribution is -0.147. The Bertz CT molecular complexity index is 736. The van der Waals surface area contributed by atoms with Crippen molar-refractivity contribution in [3.63, 3.8) is 0 Å². The number of halogens is 3. The summed E-state index contributed by atoms with van der Waals surface area (Å²) in [5, 5.41) is 0. The third-order valence-electron chi connectivity index (χ3n) is 4.15. The van der Waals surface area contributed by atoms with E-state index in [-0.39, 0.29) is 5.69 Å². The molecular formula is C16H18F3N3O2. The molecule has 0 aliphatic carbocycles. The first-order chi connectivity index (χ1) is 11.4. The van der Waals surface area contributed by atoms with Crippen molar-refractivity contribution in [2.24, 2.45) is 0 Å². The second-order valence-corrected chi connectivity index (χ2v) is 5.87. The van der Waals surface area contributed by atoms with Crippen LogP contribution in [0.5, 0.6) is 0 Å². The predicted molar refractivity (Wildman–Crippen MR) is 80.9 cm³/mol. The van der Waals surface area contributed by atoms with Gasteiger partial charge in [0, 0.05) is 25.5 Å². The molecule has 1 aliphatic rings. The molecule has 2 aromatic rings. The fourth-order valence-electron chi connectivity index (χ4n) is 3.06. The first-order valence-corrected chi connectivity index (χ1v) is 7.76. The highest BCUT2D eigenvalue weighted by Gasteiger charge is 2.38. The van der Waals surface area contributed by atoms with Crippen molar-refractivity contribution < 1.29 is 22.7 Å². The van der Waals surface area contributed by atoms with Crippen LogP contribution in [-0.4, -0.2) is 52.2 Å². The Labute approximate surface area is 137 Å². The standard InChI is InChI=1S/C16H18F3N3O2/c1-11-14(21-7-3-2-4-13(21)20-11)15(23)22(10-16(17,18)19)12-5-8-24-9-6-12/h2-4,7,12H,5-6,8-10H2,1H3. The van der Waals surface area contributed by atoms with Gasteiger partial charge in [-0.15, -0.1) is 0 Å². The second-order valence-electron chi connectivity index (χ2n) is 5.87. The van der Waals surface area contributed by atoms with Gasteiger partial charge in [0.05, 0.1) is 5.69 Å². The number of rotatable bonds is 3. The summed E-state index contributed by atoms with van der Waals surface area (Å²) in [6.07, 6.45) is -2.02. The molecule has 0 spiro atoms. The first kappa shape index (κ1) is 16.8. The van der Waals surface area contributed by atoms with Crippen molar-refractivity contribution in [2.75, 3.05) is 19.8 Å². The predicted octanol–water partition coefficient (Wildman–Crippen LogP) is 2.83. The van der Waals surface area contributed by atoms with E-state index in [1.807, 2.05) is 0 Å². The minimum atomic E-state index is -4.46. The number of hydrogen-bond donors (Lipinski definition) is 0. The van der Waals surface area contributed by atoms with Gasteiger partial charge in [0.1, 0.15) is 17.9 Å². The van der Waals surface area contributed by atoms with Gasteiger partial charge in [-0.1, -0.05) is 6.07 Å². The van der Waals surface area contributed by atoms with Gasteiger partial charge in [-0.25, -0.2) is 4.98 Å². The highest BCUT2D eigenvalue weighted by atomic mass is 19.4. The average Bonchev–Trinajstić information content (AvgIpc) is 2.88. The van der Waals surface area contributed by atoms with Crippen LogP contribution >= 0.6 is 0 Å². The highest BCUT2D eigenvalue weighted by Crippen LogP contribution is 2.25. The molecular weight excluding hydrogens is 323 g/mol. The molecule has 2 aromatic heterocycles. The molecule has 0 saturated carbocycles. The Morgan fingerprint density at radius 3 is 2.75 bits per heavy atom. The molecule has 3 heterocycles. The maximum atomic E-state index is 13.0. The van der Waals surface area contributed by atoms with E-state index in [0.717, 1.165) is 4.90 Å². The van der Waals surface area contributed by atoms with Crippen molar-refractivity contribution in [3.05, 3.63) is 35.8 Å². The van der Waals surface area contributed by atoms with Crippen molar-refractivity contribution in [2.45, 2.75) is 32.0 Å². The number of carbonyl (C=O) groups excluding carboxylic acids is 1. The number of alkyl halides is 3. The van der Waals surface area contributed by atoms with Crippen LogP contribution in [0.2, 0.25) is 0 Å². The van der Waals surface area contributed by atoms with E-state index in [1.54, 1.807) is 35.7 Å². The Morgan fingerprint density at radius 2 is 2.08 bits per heavy atom. The van der Waals surface area contributed by atoms with Gasteiger partial charge in [-0.2, -0.15) is 13.2 Å². The fraction of sp³-hybridized carbons (Fsp3) is 0.500. The van der Waals surface area contributed by atoms with Gasteiger partial charge in [-0.3, -0.25) is 9.20 Å². The number of nitrogens with zero attached hydrogens (tertiary/aromatic N) is 3. The van der Waals surface area contributed by atoms with Crippen molar-refractivity contribution in [3.8, 4) is 0 Å². The quantitative estimate of drug-likeness (QED) is 0.862. The summed E-state index contributed by atoms with van der Waals surface area (Å²) >= 11 is 0. The fourth-order valence-corrected chi connectivity index (χ4v) is 3.06. The number of aromatic nitrogens is 2. The monoisotopic (exact) mass is 341 g/mol. The zero-order valence-electron chi connectivity index (χ0n) is 13.2. The SMILES string of the molecule is Cc1nc2ccccn2c1C(=O)N(CC(F)(F)F)C1CCOCC1. The molecule has 5 nitrogen and oxygen atoms in total. The maximum absolute atomic E-state index is 13.0. The van der Waals surface area contributed by atoms with Crippen molar-refractivity contribution >= 4 is 11.6 Å². The van der Waals surface area contributed by atoms with Gasteiger partial charge >= 0.3 is 6.18 Å². The van der Waals surface area contributed by atoms with Gasteiger partial charge in [0.2, 0.25) is 0 Å².